The molecule has 0 spiro atoms. The number of rotatable bonds is 5. The average molecular weight is 433 g/mol. The number of sulfonamides is 1. The molecule has 0 radical (unpaired) electrons. The fourth-order valence-corrected chi connectivity index (χ4v) is 5.37. The van der Waals surface area contributed by atoms with Gasteiger partial charge in [0.15, 0.2) is 0 Å². The van der Waals surface area contributed by atoms with Gasteiger partial charge < -0.3 is 9.32 Å². The number of carbonyl (C=O) groups is 1. The Labute approximate surface area is 172 Å². The van der Waals surface area contributed by atoms with Crippen molar-refractivity contribution in [3.63, 3.8) is 0 Å². The van der Waals surface area contributed by atoms with Crippen LogP contribution < -0.4 is 4.72 Å². The fourth-order valence-electron chi connectivity index (χ4n) is 3.09. The molecule has 3 aromatic rings. The van der Waals surface area contributed by atoms with Gasteiger partial charge >= 0.3 is 11.8 Å². The Kier molecular flexibility index (Phi) is 5.13. The zero-order chi connectivity index (χ0) is 20.6. The highest BCUT2D eigenvalue weighted by atomic mass is 32.2. The molecule has 1 aliphatic rings. The first-order valence-corrected chi connectivity index (χ1v) is 11.5. The summed E-state index contributed by atoms with van der Waals surface area (Å²) in [6.07, 6.45) is 1.93. The molecular formula is C19H20N4O4S2. The van der Waals surface area contributed by atoms with Crippen LogP contribution in [0.1, 0.15) is 34.7 Å². The minimum Gasteiger partial charge on any atom is -0.412 e. The van der Waals surface area contributed by atoms with E-state index >= 15 is 0 Å². The maximum atomic E-state index is 12.8. The van der Waals surface area contributed by atoms with Gasteiger partial charge in [0.2, 0.25) is 5.89 Å². The van der Waals surface area contributed by atoms with E-state index in [1.165, 1.54) is 6.07 Å². The molecule has 0 unspecified atom stereocenters. The number of amides is 1. The van der Waals surface area contributed by atoms with Crippen molar-refractivity contribution in [1.29, 1.82) is 0 Å². The van der Waals surface area contributed by atoms with Gasteiger partial charge in [0, 0.05) is 18.5 Å². The molecule has 0 atom stereocenters. The summed E-state index contributed by atoms with van der Waals surface area (Å²) < 4.78 is 33.8. The van der Waals surface area contributed by atoms with E-state index in [4.69, 9.17) is 4.42 Å². The van der Waals surface area contributed by atoms with Crippen molar-refractivity contribution in [2.75, 3.05) is 17.8 Å². The number of nitrogens with one attached hydrogen (secondary N) is 1. The van der Waals surface area contributed by atoms with Gasteiger partial charge in [-0.2, -0.15) is 0 Å². The fraction of sp³-hybridized carbons (Fsp3) is 0.316. The van der Waals surface area contributed by atoms with Gasteiger partial charge in [-0.15, -0.1) is 21.5 Å². The van der Waals surface area contributed by atoms with Crippen molar-refractivity contribution < 1.29 is 17.6 Å². The summed E-state index contributed by atoms with van der Waals surface area (Å²) >= 11 is 1.05. The van der Waals surface area contributed by atoms with Crippen LogP contribution in [0, 0.1) is 13.8 Å². The molecule has 1 aromatic carbocycles. The molecule has 0 aliphatic carbocycles. The Morgan fingerprint density at radius 2 is 1.93 bits per heavy atom. The summed E-state index contributed by atoms with van der Waals surface area (Å²) in [5.41, 5.74) is 2.79. The summed E-state index contributed by atoms with van der Waals surface area (Å²) in [6.45, 7) is 5.11. The quantitative estimate of drug-likeness (QED) is 0.662. The zero-order valence-electron chi connectivity index (χ0n) is 16.0. The van der Waals surface area contributed by atoms with Crippen LogP contribution in [0.3, 0.4) is 0 Å². The summed E-state index contributed by atoms with van der Waals surface area (Å²) in [4.78, 5) is 14.0. The largest absolute Gasteiger partial charge is 0.412 e. The van der Waals surface area contributed by atoms with E-state index in [1.54, 1.807) is 16.3 Å². The van der Waals surface area contributed by atoms with Gasteiger partial charge in [0.1, 0.15) is 4.21 Å². The van der Waals surface area contributed by atoms with E-state index in [2.05, 4.69) is 14.9 Å². The Bertz CT molecular complexity index is 1160. The normalized spacial score (nSPS) is 14.3. The second kappa shape index (κ2) is 7.60. The monoisotopic (exact) mass is 432 g/mol. The summed E-state index contributed by atoms with van der Waals surface area (Å²) in [7, 11) is -3.76. The Morgan fingerprint density at radius 1 is 1.17 bits per heavy atom. The lowest BCUT2D eigenvalue weighted by atomic mass is 10.1. The SMILES string of the molecule is Cc1ccc(C)c(NS(=O)(=O)c2cc(-c3nnc(C(=O)N4CCCC4)o3)cs2)c1. The highest BCUT2D eigenvalue weighted by Crippen LogP contribution is 2.30. The van der Waals surface area contributed by atoms with Crippen molar-refractivity contribution in [3.05, 3.63) is 46.7 Å². The van der Waals surface area contributed by atoms with Gasteiger partial charge in [0.05, 0.1) is 11.3 Å². The maximum absolute atomic E-state index is 12.8. The Morgan fingerprint density at radius 3 is 2.69 bits per heavy atom. The maximum Gasteiger partial charge on any atom is 0.311 e. The number of aromatic nitrogens is 2. The van der Waals surface area contributed by atoms with Gasteiger partial charge in [0.25, 0.3) is 10.0 Å². The predicted molar refractivity (Wildman–Crippen MR) is 109 cm³/mol. The first-order chi connectivity index (χ1) is 13.8. The minimum atomic E-state index is -3.76. The van der Waals surface area contributed by atoms with Gasteiger partial charge in [-0.05, 0) is 49.9 Å². The van der Waals surface area contributed by atoms with E-state index < -0.39 is 10.0 Å². The molecule has 0 bridgehead atoms. The van der Waals surface area contributed by atoms with Crippen molar-refractivity contribution in [2.24, 2.45) is 0 Å². The number of hydrogen-bond donors (Lipinski definition) is 1. The molecular weight excluding hydrogens is 412 g/mol. The lowest BCUT2D eigenvalue weighted by Crippen LogP contribution is -2.27. The highest BCUT2D eigenvalue weighted by molar-refractivity contribution is 7.94. The lowest BCUT2D eigenvalue weighted by Gasteiger charge is -2.11. The predicted octanol–water partition coefficient (Wildman–Crippen LogP) is 3.45. The Balaban J connectivity index is 1.55. The van der Waals surface area contributed by atoms with Crippen molar-refractivity contribution in [3.8, 4) is 11.5 Å². The number of aryl methyl sites for hydroxylation is 2. The van der Waals surface area contributed by atoms with E-state index in [0.717, 1.165) is 35.3 Å². The van der Waals surface area contributed by atoms with Crippen LogP contribution in [0.5, 0.6) is 0 Å². The number of likely N-dealkylation sites (tertiary alicyclic amines) is 1. The summed E-state index contributed by atoms with van der Waals surface area (Å²) in [5.74, 6) is -0.246. The third-order valence-electron chi connectivity index (χ3n) is 4.73. The average Bonchev–Trinajstić information content (AvgIpc) is 3.44. The van der Waals surface area contributed by atoms with Gasteiger partial charge in [-0.25, -0.2) is 8.42 Å². The highest BCUT2D eigenvalue weighted by Gasteiger charge is 2.26. The van der Waals surface area contributed by atoms with Crippen LogP contribution in [0.2, 0.25) is 0 Å². The lowest BCUT2D eigenvalue weighted by molar-refractivity contribution is 0.0754. The minimum absolute atomic E-state index is 0.0778. The summed E-state index contributed by atoms with van der Waals surface area (Å²) in [6, 6.07) is 7.04. The number of benzene rings is 1. The third kappa shape index (κ3) is 4.03. The van der Waals surface area contributed by atoms with Crippen molar-refractivity contribution in [2.45, 2.75) is 30.9 Å². The standard InChI is InChI=1S/C19H20N4O4S2/c1-12-5-6-13(2)15(9-12)22-29(25,26)16-10-14(11-28-16)17-20-21-18(27-17)19(24)23-7-3-4-8-23/h5-6,9-11,22H,3-4,7-8H2,1-2H3. The number of anilines is 1. The van der Waals surface area contributed by atoms with Crippen LogP contribution in [0.15, 0.2) is 38.3 Å². The zero-order valence-corrected chi connectivity index (χ0v) is 17.6. The molecule has 1 fully saturated rings. The molecule has 8 nitrogen and oxygen atoms in total. The van der Waals surface area contributed by atoms with E-state index in [9.17, 15) is 13.2 Å². The van der Waals surface area contributed by atoms with Crippen LogP contribution in [0.25, 0.3) is 11.5 Å². The second-order valence-electron chi connectivity index (χ2n) is 6.99. The molecule has 3 heterocycles. The topological polar surface area (TPSA) is 105 Å². The molecule has 4 rings (SSSR count). The number of hydrogen-bond acceptors (Lipinski definition) is 7. The first kappa shape index (κ1) is 19.6. The van der Waals surface area contributed by atoms with Crippen LogP contribution in [-0.4, -0.2) is 42.5 Å². The Hall–Kier alpha value is -2.72. The molecule has 1 amide bonds. The third-order valence-corrected chi connectivity index (χ3v) is 7.53. The second-order valence-corrected chi connectivity index (χ2v) is 9.81. The van der Waals surface area contributed by atoms with Crippen molar-refractivity contribution >= 4 is 33.0 Å². The van der Waals surface area contributed by atoms with Crippen molar-refractivity contribution in [1.82, 2.24) is 15.1 Å². The molecule has 1 N–H and O–H groups in total. The van der Waals surface area contributed by atoms with E-state index in [-0.39, 0.29) is 21.9 Å². The van der Waals surface area contributed by atoms with E-state index in [0.29, 0.717) is 24.3 Å². The molecule has 29 heavy (non-hydrogen) atoms. The smallest absolute Gasteiger partial charge is 0.311 e. The number of carbonyl (C=O) groups excluding carboxylic acids is 1. The van der Waals surface area contributed by atoms with Crippen LogP contribution >= 0.6 is 11.3 Å². The van der Waals surface area contributed by atoms with Gasteiger partial charge in [-0.1, -0.05) is 12.1 Å². The molecule has 10 heteroatoms. The summed E-state index contributed by atoms with van der Waals surface area (Å²) in [5, 5.41) is 9.36. The molecule has 1 saturated heterocycles. The number of nitrogens with zero attached hydrogens (tertiary/aromatic N) is 3. The molecule has 1 aliphatic heterocycles. The number of thiophene rings is 1. The molecule has 2 aromatic heterocycles. The van der Waals surface area contributed by atoms with Crippen LogP contribution in [0.4, 0.5) is 5.69 Å². The molecule has 0 saturated carbocycles. The van der Waals surface area contributed by atoms with Gasteiger partial charge in [-0.3, -0.25) is 9.52 Å². The van der Waals surface area contributed by atoms with E-state index in [1.807, 2.05) is 26.0 Å². The first-order valence-electron chi connectivity index (χ1n) is 9.15. The molecule has 152 valence electrons. The van der Waals surface area contributed by atoms with Crippen LogP contribution in [-0.2, 0) is 10.0 Å².